The molecule has 1 aromatic rings. The third kappa shape index (κ3) is 4.46. The Morgan fingerprint density at radius 1 is 1.38 bits per heavy atom. The van der Waals surface area contributed by atoms with E-state index in [1.54, 1.807) is 0 Å². The number of hydrogen-bond acceptors (Lipinski definition) is 3. The number of nitrogens with zero attached hydrogens (tertiary/aromatic N) is 1. The van der Waals surface area contributed by atoms with Crippen LogP contribution in [0.25, 0.3) is 0 Å². The van der Waals surface area contributed by atoms with Crippen molar-refractivity contribution in [1.82, 2.24) is 10.2 Å². The molecule has 1 amide bonds. The average Bonchev–Trinajstić information content (AvgIpc) is 2.90. The van der Waals surface area contributed by atoms with E-state index in [0.717, 1.165) is 38.0 Å². The van der Waals surface area contributed by atoms with Gasteiger partial charge in [-0.25, -0.2) is 0 Å². The lowest BCUT2D eigenvalue weighted by Crippen LogP contribution is -2.39. The predicted molar refractivity (Wildman–Crippen MR) is 87.6 cm³/mol. The van der Waals surface area contributed by atoms with Crippen LogP contribution in [0.4, 0.5) is 5.69 Å². The summed E-state index contributed by atoms with van der Waals surface area (Å²) < 4.78 is 0. The van der Waals surface area contributed by atoms with E-state index in [9.17, 15) is 4.79 Å². The zero-order valence-electron chi connectivity index (χ0n) is 13.4. The van der Waals surface area contributed by atoms with Gasteiger partial charge in [-0.1, -0.05) is 18.2 Å². The number of benzene rings is 1. The molecule has 0 saturated carbocycles. The Kier molecular flexibility index (Phi) is 5.62. The maximum Gasteiger partial charge on any atom is 0.242 e. The fourth-order valence-corrected chi connectivity index (χ4v) is 2.54. The van der Waals surface area contributed by atoms with Gasteiger partial charge < -0.3 is 15.5 Å². The topological polar surface area (TPSA) is 44.4 Å². The highest BCUT2D eigenvalue weighted by Crippen LogP contribution is 2.24. The van der Waals surface area contributed by atoms with Crippen molar-refractivity contribution in [3.05, 3.63) is 29.8 Å². The first kappa shape index (κ1) is 15.8. The van der Waals surface area contributed by atoms with Gasteiger partial charge in [-0.15, -0.1) is 0 Å². The summed E-state index contributed by atoms with van der Waals surface area (Å²) in [5, 5.41) is 6.33. The maximum absolute atomic E-state index is 12.1. The van der Waals surface area contributed by atoms with Crippen LogP contribution < -0.4 is 10.6 Å². The first-order valence-corrected chi connectivity index (χ1v) is 7.90. The second-order valence-corrected chi connectivity index (χ2v) is 6.13. The Morgan fingerprint density at radius 3 is 2.86 bits per heavy atom. The van der Waals surface area contributed by atoms with Crippen molar-refractivity contribution in [3.8, 4) is 0 Å². The fourth-order valence-electron chi connectivity index (χ4n) is 2.54. The number of anilines is 1. The standard InChI is InChI=1S/C17H27N3O/c1-13(2)20(3)11-7-6-10-18-17(21)16-12-14-8-4-5-9-15(14)19-16/h4-5,8-9,13,16,19H,6-7,10-12H2,1-3H3,(H,18,21). The molecule has 4 nitrogen and oxygen atoms in total. The van der Waals surface area contributed by atoms with Crippen LogP contribution in [-0.2, 0) is 11.2 Å². The smallest absolute Gasteiger partial charge is 0.242 e. The van der Waals surface area contributed by atoms with Crippen LogP contribution in [0.5, 0.6) is 0 Å². The van der Waals surface area contributed by atoms with E-state index in [2.05, 4.69) is 42.5 Å². The molecule has 1 heterocycles. The minimum absolute atomic E-state index is 0.110. The summed E-state index contributed by atoms with van der Waals surface area (Å²) in [4.78, 5) is 14.5. The van der Waals surface area contributed by atoms with Gasteiger partial charge in [0, 0.05) is 24.7 Å². The van der Waals surface area contributed by atoms with E-state index in [-0.39, 0.29) is 11.9 Å². The van der Waals surface area contributed by atoms with Gasteiger partial charge in [0.25, 0.3) is 0 Å². The highest BCUT2D eigenvalue weighted by atomic mass is 16.2. The molecule has 0 aliphatic carbocycles. The van der Waals surface area contributed by atoms with E-state index in [0.29, 0.717) is 6.04 Å². The largest absolute Gasteiger partial charge is 0.373 e. The van der Waals surface area contributed by atoms with Crippen LogP contribution in [-0.4, -0.2) is 43.0 Å². The number of amides is 1. The van der Waals surface area contributed by atoms with E-state index >= 15 is 0 Å². The van der Waals surface area contributed by atoms with Gasteiger partial charge in [-0.3, -0.25) is 4.79 Å². The molecule has 1 unspecified atom stereocenters. The third-order valence-corrected chi connectivity index (χ3v) is 4.21. The molecule has 21 heavy (non-hydrogen) atoms. The highest BCUT2D eigenvalue weighted by Gasteiger charge is 2.25. The molecule has 0 radical (unpaired) electrons. The molecule has 0 saturated heterocycles. The third-order valence-electron chi connectivity index (χ3n) is 4.21. The molecule has 0 aromatic heterocycles. The molecule has 1 aliphatic heterocycles. The molecule has 4 heteroatoms. The van der Waals surface area contributed by atoms with Crippen molar-refractivity contribution < 1.29 is 4.79 Å². The summed E-state index contributed by atoms with van der Waals surface area (Å²) in [6.07, 6.45) is 2.94. The SMILES string of the molecule is CC(C)N(C)CCCCNC(=O)C1Cc2ccccc2N1. The average molecular weight is 289 g/mol. The van der Waals surface area contributed by atoms with E-state index in [1.165, 1.54) is 5.56 Å². The fraction of sp³-hybridized carbons (Fsp3) is 0.588. The lowest BCUT2D eigenvalue weighted by molar-refractivity contribution is -0.121. The highest BCUT2D eigenvalue weighted by molar-refractivity contribution is 5.87. The number of nitrogens with one attached hydrogen (secondary N) is 2. The molecular formula is C17H27N3O. The number of hydrogen-bond donors (Lipinski definition) is 2. The molecule has 0 bridgehead atoms. The molecular weight excluding hydrogens is 262 g/mol. The Labute approximate surface area is 127 Å². The Balaban J connectivity index is 1.63. The Bertz CT molecular complexity index is 448. The molecule has 1 aromatic carbocycles. The number of carbonyl (C=O) groups excluding carboxylic acids is 1. The van der Waals surface area contributed by atoms with Gasteiger partial charge in [0.15, 0.2) is 0 Å². The number of unbranched alkanes of at least 4 members (excludes halogenated alkanes) is 1. The van der Waals surface area contributed by atoms with Crippen LogP contribution in [0, 0.1) is 0 Å². The van der Waals surface area contributed by atoms with Gasteiger partial charge in [-0.05, 0) is 51.9 Å². The van der Waals surface area contributed by atoms with Crippen molar-refractivity contribution >= 4 is 11.6 Å². The first-order valence-electron chi connectivity index (χ1n) is 7.90. The normalized spacial score (nSPS) is 16.9. The van der Waals surface area contributed by atoms with Crippen molar-refractivity contribution in [3.63, 3.8) is 0 Å². The van der Waals surface area contributed by atoms with Crippen molar-refractivity contribution in [1.29, 1.82) is 0 Å². The van der Waals surface area contributed by atoms with Crippen molar-refractivity contribution in [2.24, 2.45) is 0 Å². The monoisotopic (exact) mass is 289 g/mol. The molecule has 0 fully saturated rings. The zero-order chi connectivity index (χ0) is 15.2. The summed E-state index contributed by atoms with van der Waals surface area (Å²) in [7, 11) is 2.14. The Morgan fingerprint density at radius 2 is 2.14 bits per heavy atom. The first-order chi connectivity index (χ1) is 10.1. The van der Waals surface area contributed by atoms with E-state index in [1.807, 2.05) is 18.2 Å². The summed E-state index contributed by atoms with van der Waals surface area (Å²) >= 11 is 0. The molecule has 1 atom stereocenters. The molecule has 116 valence electrons. The second-order valence-electron chi connectivity index (χ2n) is 6.13. The van der Waals surface area contributed by atoms with Crippen molar-refractivity contribution in [2.75, 3.05) is 25.5 Å². The maximum atomic E-state index is 12.1. The van der Waals surface area contributed by atoms with Crippen LogP contribution in [0.3, 0.4) is 0 Å². The van der Waals surface area contributed by atoms with Crippen LogP contribution in [0.15, 0.2) is 24.3 Å². The summed E-state index contributed by atoms with van der Waals surface area (Å²) in [6, 6.07) is 8.60. The summed E-state index contributed by atoms with van der Waals surface area (Å²) in [5.74, 6) is 0.114. The number of carbonyl (C=O) groups is 1. The predicted octanol–water partition coefficient (Wildman–Crippen LogP) is 2.26. The van der Waals surface area contributed by atoms with Gasteiger partial charge in [0.2, 0.25) is 5.91 Å². The van der Waals surface area contributed by atoms with Gasteiger partial charge >= 0.3 is 0 Å². The van der Waals surface area contributed by atoms with E-state index in [4.69, 9.17) is 0 Å². The Hall–Kier alpha value is -1.55. The number of para-hydroxylation sites is 1. The molecule has 2 N–H and O–H groups in total. The van der Waals surface area contributed by atoms with Gasteiger partial charge in [0.05, 0.1) is 0 Å². The van der Waals surface area contributed by atoms with E-state index < -0.39 is 0 Å². The lowest BCUT2D eigenvalue weighted by Gasteiger charge is -2.20. The van der Waals surface area contributed by atoms with Gasteiger partial charge in [-0.2, -0.15) is 0 Å². The molecule has 0 spiro atoms. The van der Waals surface area contributed by atoms with Crippen LogP contribution in [0.1, 0.15) is 32.3 Å². The quantitative estimate of drug-likeness (QED) is 0.757. The summed E-state index contributed by atoms with van der Waals surface area (Å²) in [5.41, 5.74) is 2.33. The second kappa shape index (κ2) is 7.46. The summed E-state index contributed by atoms with van der Waals surface area (Å²) in [6.45, 7) is 6.25. The number of rotatable bonds is 7. The van der Waals surface area contributed by atoms with Gasteiger partial charge in [0.1, 0.15) is 6.04 Å². The van der Waals surface area contributed by atoms with Crippen molar-refractivity contribution in [2.45, 2.75) is 45.2 Å². The zero-order valence-corrected chi connectivity index (χ0v) is 13.4. The van der Waals surface area contributed by atoms with Crippen LogP contribution >= 0.6 is 0 Å². The molecule has 1 aliphatic rings. The lowest BCUT2D eigenvalue weighted by atomic mass is 10.1. The molecule has 2 rings (SSSR count). The minimum atomic E-state index is -0.110. The minimum Gasteiger partial charge on any atom is -0.373 e. The number of fused-ring (bicyclic) bond motifs is 1. The van der Waals surface area contributed by atoms with Crippen LogP contribution in [0.2, 0.25) is 0 Å².